The maximum atomic E-state index is 12.4. The summed E-state index contributed by atoms with van der Waals surface area (Å²) in [7, 11) is -3.00. The molecule has 2 fully saturated rings. The summed E-state index contributed by atoms with van der Waals surface area (Å²) in [5, 5.41) is 0. The van der Waals surface area contributed by atoms with Crippen LogP contribution in [0.2, 0.25) is 0 Å². The van der Waals surface area contributed by atoms with Crippen molar-refractivity contribution in [3.05, 3.63) is 34.3 Å². The Bertz CT molecular complexity index is 684. The van der Waals surface area contributed by atoms with Crippen molar-refractivity contribution in [3.8, 4) is 0 Å². The first kappa shape index (κ1) is 16.9. The van der Waals surface area contributed by atoms with Crippen LogP contribution in [0.25, 0.3) is 0 Å². The van der Waals surface area contributed by atoms with Crippen LogP contribution < -0.4 is 0 Å². The normalized spacial score (nSPS) is 24.7. The van der Waals surface area contributed by atoms with E-state index in [0.717, 1.165) is 24.1 Å². The van der Waals surface area contributed by atoms with Gasteiger partial charge in [0.2, 0.25) is 5.91 Å². The standard InChI is InChI=1S/C16H21BrN2O3S/c17-15-3-1-2-13(10-15)11-18-5-7-19(8-6-18)16(20)14-4-9-23(21,22)12-14/h1-3,10,14H,4-9,11-12H2/t14-/m1/s1. The average molecular weight is 401 g/mol. The second kappa shape index (κ2) is 6.91. The number of hydrogen-bond donors (Lipinski definition) is 0. The van der Waals surface area contributed by atoms with E-state index in [9.17, 15) is 13.2 Å². The lowest BCUT2D eigenvalue weighted by Crippen LogP contribution is -2.50. The van der Waals surface area contributed by atoms with Gasteiger partial charge in [0.25, 0.3) is 0 Å². The highest BCUT2D eigenvalue weighted by Crippen LogP contribution is 2.22. The van der Waals surface area contributed by atoms with Crippen molar-refractivity contribution in [2.75, 3.05) is 37.7 Å². The molecule has 0 bridgehead atoms. The van der Waals surface area contributed by atoms with Crippen molar-refractivity contribution in [3.63, 3.8) is 0 Å². The van der Waals surface area contributed by atoms with E-state index in [1.165, 1.54) is 5.56 Å². The molecular formula is C16H21BrN2O3S. The smallest absolute Gasteiger partial charge is 0.226 e. The van der Waals surface area contributed by atoms with Gasteiger partial charge in [0.1, 0.15) is 0 Å². The van der Waals surface area contributed by atoms with Crippen LogP contribution in [-0.2, 0) is 21.2 Å². The van der Waals surface area contributed by atoms with Crippen molar-refractivity contribution >= 4 is 31.7 Å². The van der Waals surface area contributed by atoms with E-state index in [1.807, 2.05) is 17.0 Å². The van der Waals surface area contributed by atoms with Gasteiger partial charge in [-0.1, -0.05) is 28.1 Å². The second-order valence-electron chi connectivity index (χ2n) is 6.33. The lowest BCUT2D eigenvalue weighted by Gasteiger charge is -2.35. The van der Waals surface area contributed by atoms with Crippen LogP contribution >= 0.6 is 15.9 Å². The van der Waals surface area contributed by atoms with Crippen LogP contribution in [0.3, 0.4) is 0 Å². The quantitative estimate of drug-likeness (QED) is 0.771. The third-order valence-corrected chi connectivity index (χ3v) is 6.82. The zero-order valence-electron chi connectivity index (χ0n) is 12.9. The molecule has 0 spiro atoms. The van der Waals surface area contributed by atoms with E-state index >= 15 is 0 Å². The fraction of sp³-hybridized carbons (Fsp3) is 0.562. The van der Waals surface area contributed by atoms with Crippen LogP contribution in [0.5, 0.6) is 0 Å². The predicted octanol–water partition coefficient (Wildman–Crippen LogP) is 1.53. The van der Waals surface area contributed by atoms with Crippen molar-refractivity contribution < 1.29 is 13.2 Å². The molecule has 23 heavy (non-hydrogen) atoms. The molecule has 0 radical (unpaired) electrons. The number of rotatable bonds is 3. The fourth-order valence-corrected chi connectivity index (χ4v) is 5.45. The van der Waals surface area contributed by atoms with E-state index in [-0.39, 0.29) is 23.3 Å². The Morgan fingerprint density at radius 1 is 1.22 bits per heavy atom. The van der Waals surface area contributed by atoms with Gasteiger partial charge in [0.05, 0.1) is 17.4 Å². The number of benzene rings is 1. The second-order valence-corrected chi connectivity index (χ2v) is 9.48. The molecule has 0 N–H and O–H groups in total. The first-order valence-corrected chi connectivity index (χ1v) is 10.5. The summed E-state index contributed by atoms with van der Waals surface area (Å²) in [5.41, 5.74) is 1.25. The Labute approximate surface area is 145 Å². The Kier molecular flexibility index (Phi) is 5.08. The molecule has 0 unspecified atom stereocenters. The van der Waals surface area contributed by atoms with E-state index in [1.54, 1.807) is 0 Å². The molecule has 1 amide bonds. The van der Waals surface area contributed by atoms with Crippen LogP contribution in [-0.4, -0.2) is 61.8 Å². The third-order valence-electron chi connectivity index (χ3n) is 4.56. The zero-order chi connectivity index (χ0) is 16.4. The van der Waals surface area contributed by atoms with Gasteiger partial charge in [0, 0.05) is 37.2 Å². The van der Waals surface area contributed by atoms with E-state index in [4.69, 9.17) is 0 Å². The fourth-order valence-electron chi connectivity index (χ4n) is 3.27. The molecule has 5 nitrogen and oxygen atoms in total. The van der Waals surface area contributed by atoms with Gasteiger partial charge in [-0.05, 0) is 24.1 Å². The molecule has 126 valence electrons. The van der Waals surface area contributed by atoms with Gasteiger partial charge < -0.3 is 4.90 Å². The van der Waals surface area contributed by atoms with E-state index in [2.05, 4.69) is 33.0 Å². The molecule has 2 heterocycles. The van der Waals surface area contributed by atoms with Gasteiger partial charge in [0.15, 0.2) is 9.84 Å². The van der Waals surface area contributed by atoms with Crippen LogP contribution in [0, 0.1) is 5.92 Å². The van der Waals surface area contributed by atoms with Crippen LogP contribution in [0.15, 0.2) is 28.7 Å². The molecule has 0 aliphatic carbocycles. The van der Waals surface area contributed by atoms with Gasteiger partial charge in [-0.3, -0.25) is 9.69 Å². The maximum absolute atomic E-state index is 12.4. The Morgan fingerprint density at radius 3 is 2.57 bits per heavy atom. The lowest BCUT2D eigenvalue weighted by atomic mass is 10.1. The topological polar surface area (TPSA) is 57.7 Å². The Balaban J connectivity index is 1.51. The molecule has 1 atom stereocenters. The molecule has 3 rings (SSSR count). The number of hydrogen-bond acceptors (Lipinski definition) is 4. The minimum absolute atomic E-state index is 0.0215. The lowest BCUT2D eigenvalue weighted by molar-refractivity contribution is -0.136. The van der Waals surface area contributed by atoms with Gasteiger partial charge >= 0.3 is 0 Å². The Hall–Kier alpha value is -0.920. The highest BCUT2D eigenvalue weighted by atomic mass is 79.9. The summed E-state index contributed by atoms with van der Waals surface area (Å²) in [6.07, 6.45) is 0.486. The van der Waals surface area contributed by atoms with Crippen LogP contribution in [0.1, 0.15) is 12.0 Å². The minimum atomic E-state index is -3.00. The highest BCUT2D eigenvalue weighted by Gasteiger charge is 2.36. The van der Waals surface area contributed by atoms with Gasteiger partial charge in [-0.25, -0.2) is 8.42 Å². The van der Waals surface area contributed by atoms with Crippen molar-refractivity contribution in [1.29, 1.82) is 0 Å². The molecule has 2 aliphatic heterocycles. The summed E-state index contributed by atoms with van der Waals surface area (Å²) >= 11 is 3.48. The molecule has 0 aromatic heterocycles. The first-order chi connectivity index (χ1) is 10.9. The average Bonchev–Trinajstić information content (AvgIpc) is 2.87. The number of sulfone groups is 1. The van der Waals surface area contributed by atoms with E-state index < -0.39 is 9.84 Å². The molecule has 2 aliphatic rings. The highest BCUT2D eigenvalue weighted by molar-refractivity contribution is 9.10. The first-order valence-electron chi connectivity index (χ1n) is 7.89. The molecular weight excluding hydrogens is 380 g/mol. The molecule has 2 saturated heterocycles. The van der Waals surface area contributed by atoms with Crippen molar-refractivity contribution in [1.82, 2.24) is 9.80 Å². The molecule has 1 aromatic carbocycles. The summed E-state index contributed by atoms with van der Waals surface area (Å²) in [4.78, 5) is 16.6. The summed E-state index contributed by atoms with van der Waals surface area (Å²) in [6.45, 7) is 3.90. The monoisotopic (exact) mass is 400 g/mol. The number of nitrogens with zero attached hydrogens (tertiary/aromatic N) is 2. The van der Waals surface area contributed by atoms with Gasteiger partial charge in [-0.2, -0.15) is 0 Å². The number of carbonyl (C=O) groups is 1. The number of amides is 1. The zero-order valence-corrected chi connectivity index (χ0v) is 15.4. The van der Waals surface area contributed by atoms with Crippen LogP contribution in [0.4, 0.5) is 0 Å². The van der Waals surface area contributed by atoms with E-state index in [0.29, 0.717) is 19.5 Å². The predicted molar refractivity (Wildman–Crippen MR) is 92.8 cm³/mol. The van der Waals surface area contributed by atoms with Gasteiger partial charge in [-0.15, -0.1) is 0 Å². The minimum Gasteiger partial charge on any atom is -0.340 e. The number of halogens is 1. The van der Waals surface area contributed by atoms with Crippen molar-refractivity contribution in [2.45, 2.75) is 13.0 Å². The SMILES string of the molecule is O=C([C@@H]1CCS(=O)(=O)C1)N1CCN(Cc2cccc(Br)c2)CC1. The molecule has 7 heteroatoms. The summed E-state index contributed by atoms with van der Waals surface area (Å²) in [6, 6.07) is 8.25. The number of carbonyl (C=O) groups excluding carboxylic acids is 1. The van der Waals surface area contributed by atoms with Crippen molar-refractivity contribution in [2.24, 2.45) is 5.92 Å². The summed E-state index contributed by atoms with van der Waals surface area (Å²) in [5.74, 6) is -0.110. The Morgan fingerprint density at radius 2 is 1.96 bits per heavy atom. The molecule has 0 saturated carbocycles. The largest absolute Gasteiger partial charge is 0.340 e. The molecule has 1 aromatic rings. The third kappa shape index (κ3) is 4.33. The summed E-state index contributed by atoms with van der Waals surface area (Å²) < 4.78 is 24.1. The maximum Gasteiger partial charge on any atom is 0.226 e. The number of piperazine rings is 1.